The van der Waals surface area contributed by atoms with Gasteiger partial charge in [0.1, 0.15) is 5.83 Å². The largest absolute Gasteiger partial charge is 0.481 e. The molecule has 1 unspecified atom stereocenters. The first kappa shape index (κ1) is 16.4. The summed E-state index contributed by atoms with van der Waals surface area (Å²) in [6, 6.07) is 7.32. The van der Waals surface area contributed by atoms with Gasteiger partial charge in [0, 0.05) is 5.70 Å². The molecule has 1 N–H and O–H groups in total. The van der Waals surface area contributed by atoms with Crippen LogP contribution < -0.4 is 0 Å². The van der Waals surface area contributed by atoms with E-state index in [-0.39, 0.29) is 17.7 Å². The van der Waals surface area contributed by atoms with Crippen LogP contribution >= 0.6 is 0 Å². The summed E-state index contributed by atoms with van der Waals surface area (Å²) in [5.41, 5.74) is 1.12. The normalized spacial score (nSPS) is 20.6. The zero-order chi connectivity index (χ0) is 17.5. The fourth-order valence-electron chi connectivity index (χ4n) is 3.18. The maximum Gasteiger partial charge on any atom is 0.307 e. The number of fused-ring (bicyclic) bond motifs is 1. The van der Waals surface area contributed by atoms with Gasteiger partial charge in [-0.1, -0.05) is 18.2 Å². The molecule has 126 valence electrons. The fraction of sp³-hybridized carbons (Fsp3) is 0.235. The molecule has 1 aromatic carbocycles. The number of rotatable bonds is 4. The van der Waals surface area contributed by atoms with Crippen molar-refractivity contribution in [3.8, 4) is 0 Å². The Morgan fingerprint density at radius 1 is 1.33 bits per heavy atom. The van der Waals surface area contributed by atoms with E-state index >= 15 is 0 Å². The second kappa shape index (κ2) is 5.90. The minimum atomic E-state index is -3.85. The summed E-state index contributed by atoms with van der Waals surface area (Å²) >= 11 is 0. The highest BCUT2D eigenvalue weighted by molar-refractivity contribution is 7.89. The van der Waals surface area contributed by atoms with Gasteiger partial charge >= 0.3 is 5.97 Å². The number of nitrogens with zero attached hydrogens (tertiary/aromatic N) is 1. The third kappa shape index (κ3) is 2.65. The highest BCUT2D eigenvalue weighted by atomic mass is 32.2. The van der Waals surface area contributed by atoms with E-state index in [9.17, 15) is 17.6 Å². The van der Waals surface area contributed by atoms with Crippen LogP contribution in [0, 0.1) is 0 Å². The van der Waals surface area contributed by atoms with Gasteiger partial charge in [0.15, 0.2) is 0 Å². The number of halogens is 1. The third-order valence-electron chi connectivity index (χ3n) is 4.22. The predicted molar refractivity (Wildman–Crippen MR) is 86.1 cm³/mol. The maximum absolute atomic E-state index is 13.7. The molecule has 1 atom stereocenters. The first-order chi connectivity index (χ1) is 11.3. The first-order valence-corrected chi connectivity index (χ1v) is 8.85. The van der Waals surface area contributed by atoms with E-state index in [1.807, 2.05) is 0 Å². The SMILES string of the molecule is CC1=C(CC(=O)O)C2=CC(F)=CCC2N1S(=O)(=O)c1ccccc1. The van der Waals surface area contributed by atoms with E-state index in [1.54, 1.807) is 25.1 Å². The Hall–Kier alpha value is -2.41. The Kier molecular flexibility index (Phi) is 4.04. The Bertz CT molecular complexity index is 884. The van der Waals surface area contributed by atoms with Crippen LogP contribution in [-0.2, 0) is 14.8 Å². The molecule has 1 aliphatic carbocycles. The molecule has 0 radical (unpaired) electrons. The zero-order valence-electron chi connectivity index (χ0n) is 12.9. The molecule has 0 saturated carbocycles. The molecule has 5 nitrogen and oxygen atoms in total. The summed E-state index contributed by atoms with van der Waals surface area (Å²) < 4.78 is 40.9. The predicted octanol–water partition coefficient (Wildman–Crippen LogP) is 2.99. The van der Waals surface area contributed by atoms with Gasteiger partial charge in [-0.05, 0) is 48.8 Å². The van der Waals surface area contributed by atoms with Gasteiger partial charge in [0.25, 0.3) is 10.0 Å². The number of hydrogen-bond acceptors (Lipinski definition) is 3. The van der Waals surface area contributed by atoms with Crippen molar-refractivity contribution in [2.45, 2.75) is 30.7 Å². The summed E-state index contributed by atoms with van der Waals surface area (Å²) in [5.74, 6) is -1.56. The van der Waals surface area contributed by atoms with Crippen molar-refractivity contribution in [3.05, 3.63) is 65.2 Å². The average Bonchev–Trinajstić information content (AvgIpc) is 2.80. The van der Waals surface area contributed by atoms with E-state index in [2.05, 4.69) is 0 Å². The lowest BCUT2D eigenvalue weighted by atomic mass is 9.93. The number of carboxylic acids is 1. The lowest BCUT2D eigenvalue weighted by Crippen LogP contribution is -2.36. The van der Waals surface area contributed by atoms with Crippen molar-refractivity contribution < 1.29 is 22.7 Å². The number of benzene rings is 1. The van der Waals surface area contributed by atoms with E-state index < -0.39 is 27.9 Å². The van der Waals surface area contributed by atoms with Crippen LogP contribution in [-0.4, -0.2) is 29.8 Å². The molecule has 0 amide bonds. The molecule has 0 fully saturated rings. The van der Waals surface area contributed by atoms with E-state index in [1.165, 1.54) is 28.6 Å². The Morgan fingerprint density at radius 3 is 2.62 bits per heavy atom. The molecule has 7 heteroatoms. The molecule has 0 aromatic heterocycles. The lowest BCUT2D eigenvalue weighted by molar-refractivity contribution is -0.136. The van der Waals surface area contributed by atoms with Crippen LogP contribution in [0.3, 0.4) is 0 Å². The molecule has 1 heterocycles. The summed E-state index contributed by atoms with van der Waals surface area (Å²) in [6.07, 6.45) is 2.38. The molecular weight excluding hydrogens is 333 g/mol. The summed E-state index contributed by atoms with van der Waals surface area (Å²) in [7, 11) is -3.85. The van der Waals surface area contributed by atoms with Gasteiger partial charge in [-0.2, -0.15) is 0 Å². The van der Waals surface area contributed by atoms with E-state index in [4.69, 9.17) is 5.11 Å². The number of hydrogen-bond donors (Lipinski definition) is 1. The van der Waals surface area contributed by atoms with E-state index in [0.717, 1.165) is 0 Å². The molecular formula is C17H16FNO4S. The van der Waals surface area contributed by atoms with Gasteiger partial charge in [0.2, 0.25) is 0 Å². The van der Waals surface area contributed by atoms with Crippen molar-refractivity contribution in [3.63, 3.8) is 0 Å². The highest BCUT2D eigenvalue weighted by Crippen LogP contribution is 2.43. The van der Waals surface area contributed by atoms with E-state index in [0.29, 0.717) is 16.8 Å². The van der Waals surface area contributed by atoms with Crippen LogP contribution in [0.4, 0.5) is 4.39 Å². The molecule has 2 aliphatic rings. The summed E-state index contributed by atoms with van der Waals surface area (Å²) in [5, 5.41) is 9.12. The van der Waals surface area contributed by atoms with Crippen molar-refractivity contribution in [2.75, 3.05) is 0 Å². The van der Waals surface area contributed by atoms with Crippen LogP contribution in [0.2, 0.25) is 0 Å². The van der Waals surface area contributed by atoms with Gasteiger partial charge in [-0.15, -0.1) is 0 Å². The van der Waals surface area contributed by atoms with Crippen LogP contribution in [0.15, 0.2) is 70.0 Å². The van der Waals surface area contributed by atoms with Crippen LogP contribution in [0.25, 0.3) is 0 Å². The lowest BCUT2D eigenvalue weighted by Gasteiger charge is -2.29. The minimum Gasteiger partial charge on any atom is -0.481 e. The van der Waals surface area contributed by atoms with Gasteiger partial charge in [0.05, 0.1) is 17.4 Å². The van der Waals surface area contributed by atoms with Crippen molar-refractivity contribution >= 4 is 16.0 Å². The molecule has 24 heavy (non-hydrogen) atoms. The first-order valence-electron chi connectivity index (χ1n) is 7.41. The number of sulfonamides is 1. The summed E-state index contributed by atoms with van der Waals surface area (Å²) in [6.45, 7) is 1.57. The monoisotopic (exact) mass is 349 g/mol. The standard InChI is InChI=1S/C17H16FNO4S/c1-11-14(10-17(20)21)15-9-12(18)7-8-16(15)19(11)24(22,23)13-5-3-2-4-6-13/h2-7,9,16H,8,10H2,1H3,(H,20,21). The van der Waals surface area contributed by atoms with Gasteiger partial charge in [-0.25, -0.2) is 12.8 Å². The second-order valence-electron chi connectivity index (χ2n) is 5.69. The van der Waals surface area contributed by atoms with Gasteiger partial charge in [-0.3, -0.25) is 9.10 Å². The third-order valence-corrected chi connectivity index (χ3v) is 6.13. The highest BCUT2D eigenvalue weighted by Gasteiger charge is 2.42. The number of carbonyl (C=O) groups is 1. The van der Waals surface area contributed by atoms with Crippen molar-refractivity contribution in [1.82, 2.24) is 4.31 Å². The summed E-state index contributed by atoms with van der Waals surface area (Å²) in [4.78, 5) is 11.3. The number of aliphatic carboxylic acids is 1. The second-order valence-corrected chi connectivity index (χ2v) is 7.50. The minimum absolute atomic E-state index is 0.121. The fourth-order valence-corrected chi connectivity index (χ4v) is 4.91. The Labute approximate surface area is 139 Å². The quantitative estimate of drug-likeness (QED) is 0.907. The topological polar surface area (TPSA) is 74.7 Å². The number of allylic oxidation sites excluding steroid dienone is 3. The molecule has 3 rings (SSSR count). The Balaban J connectivity index is 2.13. The molecule has 0 spiro atoms. The van der Waals surface area contributed by atoms with Crippen molar-refractivity contribution in [2.24, 2.45) is 0 Å². The molecule has 1 aliphatic heterocycles. The van der Waals surface area contributed by atoms with Crippen LogP contribution in [0.5, 0.6) is 0 Å². The maximum atomic E-state index is 13.7. The molecule has 1 aromatic rings. The smallest absolute Gasteiger partial charge is 0.307 e. The Morgan fingerprint density at radius 2 is 2.00 bits per heavy atom. The average molecular weight is 349 g/mol. The van der Waals surface area contributed by atoms with Crippen molar-refractivity contribution in [1.29, 1.82) is 0 Å². The van der Waals surface area contributed by atoms with Gasteiger partial charge < -0.3 is 5.11 Å². The van der Waals surface area contributed by atoms with Crippen LogP contribution in [0.1, 0.15) is 19.8 Å². The molecule has 0 saturated heterocycles. The molecule has 0 bridgehead atoms. The zero-order valence-corrected chi connectivity index (χ0v) is 13.8. The number of carboxylic acid groups (broad SMARTS) is 1.